The molecule has 4 nitrogen and oxygen atoms in total. The number of rotatable bonds is 4. The van der Waals surface area contributed by atoms with Gasteiger partial charge in [0.05, 0.1) is 18.9 Å². The number of thiocarbonyl (C=S) groups is 1. The zero-order chi connectivity index (χ0) is 11.4. The Morgan fingerprint density at radius 3 is 2.60 bits per heavy atom. The molecule has 0 unspecified atom stereocenters. The van der Waals surface area contributed by atoms with Crippen molar-refractivity contribution >= 4 is 23.0 Å². The zero-order valence-corrected chi connectivity index (χ0v) is 8.84. The summed E-state index contributed by atoms with van der Waals surface area (Å²) in [5.41, 5.74) is 5.69. The maximum Gasteiger partial charge on any atom is 0.255 e. The summed E-state index contributed by atoms with van der Waals surface area (Å²) in [6, 6.07) is 0. The highest BCUT2D eigenvalue weighted by Crippen LogP contribution is 2.08. The number of nitrogens with zero attached hydrogens (tertiary/aromatic N) is 3. The Morgan fingerprint density at radius 2 is 2.20 bits per heavy atom. The van der Waals surface area contributed by atoms with Crippen LogP contribution in [0.5, 0.6) is 0 Å². The zero-order valence-electron chi connectivity index (χ0n) is 8.02. The quantitative estimate of drug-likeness (QED) is 0.779. The molecule has 1 rings (SSSR count). The molecule has 82 valence electrons. The number of nitrogens with two attached hydrogens (primary N) is 1. The van der Waals surface area contributed by atoms with Crippen molar-refractivity contribution in [2.24, 2.45) is 5.73 Å². The summed E-state index contributed by atoms with van der Waals surface area (Å²) in [6.07, 6.45) is 0.309. The molecule has 0 aliphatic rings. The fourth-order valence-electron chi connectivity index (χ4n) is 0.946. The number of anilines is 1. The molecule has 2 N–H and O–H groups in total. The summed E-state index contributed by atoms with van der Waals surface area (Å²) in [7, 11) is 1.51. The third kappa shape index (κ3) is 3.35. The monoisotopic (exact) mass is 232 g/mol. The lowest BCUT2D eigenvalue weighted by molar-refractivity contribution is 0.156. The molecule has 0 bridgehead atoms. The largest absolute Gasteiger partial charge is 0.388 e. The van der Waals surface area contributed by atoms with Crippen LogP contribution in [0, 0.1) is 0 Å². The highest BCUT2D eigenvalue weighted by Gasteiger charge is 2.10. The highest BCUT2D eigenvalue weighted by molar-refractivity contribution is 7.80. The van der Waals surface area contributed by atoms with Crippen LogP contribution in [0.2, 0.25) is 0 Å². The summed E-state index contributed by atoms with van der Waals surface area (Å²) in [6.45, 7) is -0.388. The summed E-state index contributed by atoms with van der Waals surface area (Å²) in [4.78, 5) is 9.24. The van der Waals surface area contributed by atoms with Gasteiger partial charge in [-0.1, -0.05) is 12.2 Å². The Kier molecular flexibility index (Phi) is 3.84. The molecule has 0 aliphatic carbocycles. The maximum atomic E-state index is 12.0. The van der Waals surface area contributed by atoms with Crippen LogP contribution < -0.4 is 10.6 Å². The van der Waals surface area contributed by atoms with Gasteiger partial charge in [0, 0.05) is 7.05 Å². The average Bonchev–Trinajstić information content (AvgIpc) is 2.17. The van der Waals surface area contributed by atoms with Gasteiger partial charge in [0.1, 0.15) is 16.5 Å². The molecule has 0 atom stereocenters. The fraction of sp³-hybridized carbons (Fsp3) is 0.375. The Bertz CT molecular complexity index is 341. The van der Waals surface area contributed by atoms with Gasteiger partial charge in [0.2, 0.25) is 0 Å². The van der Waals surface area contributed by atoms with Gasteiger partial charge in [0.25, 0.3) is 6.43 Å². The van der Waals surface area contributed by atoms with Crippen LogP contribution in [0.4, 0.5) is 14.6 Å². The summed E-state index contributed by atoms with van der Waals surface area (Å²) < 4.78 is 24.1. The van der Waals surface area contributed by atoms with Crippen molar-refractivity contribution in [3.8, 4) is 0 Å². The second-order valence-electron chi connectivity index (χ2n) is 2.90. The molecule has 1 aromatic rings. The summed E-state index contributed by atoms with van der Waals surface area (Å²) in [5.74, 6) is 0.357. The minimum atomic E-state index is -2.41. The molecule has 1 heterocycles. The van der Waals surface area contributed by atoms with E-state index in [1.54, 1.807) is 0 Å². The van der Waals surface area contributed by atoms with Gasteiger partial charge in [-0.05, 0) is 0 Å². The molecule has 0 aliphatic heterocycles. The maximum absolute atomic E-state index is 12.0. The first-order valence-electron chi connectivity index (χ1n) is 4.12. The van der Waals surface area contributed by atoms with Crippen LogP contribution in [0.15, 0.2) is 12.4 Å². The molecule has 0 radical (unpaired) electrons. The van der Waals surface area contributed by atoms with Crippen molar-refractivity contribution in [2.75, 3.05) is 18.5 Å². The SMILES string of the molecule is CN(CC(F)F)c1cnc(C(N)=S)cn1. The molecule has 1 aromatic heterocycles. The highest BCUT2D eigenvalue weighted by atomic mass is 32.1. The van der Waals surface area contributed by atoms with E-state index in [1.165, 1.54) is 24.3 Å². The van der Waals surface area contributed by atoms with Crippen molar-refractivity contribution in [3.05, 3.63) is 18.1 Å². The van der Waals surface area contributed by atoms with E-state index in [4.69, 9.17) is 5.73 Å². The molecule has 15 heavy (non-hydrogen) atoms. The molecule has 0 saturated heterocycles. The van der Waals surface area contributed by atoms with E-state index in [9.17, 15) is 8.78 Å². The van der Waals surface area contributed by atoms with Crippen molar-refractivity contribution in [1.82, 2.24) is 9.97 Å². The minimum Gasteiger partial charge on any atom is -0.388 e. The molecule has 0 fully saturated rings. The first-order chi connectivity index (χ1) is 7.00. The van der Waals surface area contributed by atoms with E-state index in [0.29, 0.717) is 11.5 Å². The van der Waals surface area contributed by atoms with Crippen LogP contribution in [-0.2, 0) is 0 Å². The molecule has 7 heteroatoms. The molecule has 0 saturated carbocycles. The van der Waals surface area contributed by atoms with Gasteiger partial charge >= 0.3 is 0 Å². The normalized spacial score (nSPS) is 10.4. The van der Waals surface area contributed by atoms with Crippen LogP contribution in [0.1, 0.15) is 5.69 Å². The van der Waals surface area contributed by atoms with E-state index in [0.717, 1.165) is 0 Å². The van der Waals surface area contributed by atoms with E-state index >= 15 is 0 Å². The molecular formula is C8H10F2N4S. The summed E-state index contributed by atoms with van der Waals surface area (Å²) >= 11 is 4.68. The van der Waals surface area contributed by atoms with Crippen LogP contribution in [0.3, 0.4) is 0 Å². The number of aromatic nitrogens is 2. The fourth-order valence-corrected chi connectivity index (χ4v) is 1.05. The van der Waals surface area contributed by atoms with Gasteiger partial charge < -0.3 is 10.6 Å². The molecule has 0 amide bonds. The minimum absolute atomic E-state index is 0.130. The van der Waals surface area contributed by atoms with Crippen molar-refractivity contribution in [2.45, 2.75) is 6.43 Å². The van der Waals surface area contributed by atoms with Gasteiger partial charge in [0.15, 0.2) is 0 Å². The van der Waals surface area contributed by atoms with Crippen molar-refractivity contribution in [1.29, 1.82) is 0 Å². The molecule has 0 spiro atoms. The summed E-state index contributed by atoms with van der Waals surface area (Å²) in [5, 5.41) is 0. The molecule has 0 aromatic carbocycles. The van der Waals surface area contributed by atoms with Gasteiger partial charge in [-0.3, -0.25) is 0 Å². The van der Waals surface area contributed by atoms with Crippen LogP contribution >= 0.6 is 12.2 Å². The average molecular weight is 232 g/mol. The van der Waals surface area contributed by atoms with Crippen LogP contribution in [-0.4, -0.2) is 35.0 Å². The van der Waals surface area contributed by atoms with Gasteiger partial charge in [-0.25, -0.2) is 18.7 Å². The second-order valence-corrected chi connectivity index (χ2v) is 3.34. The van der Waals surface area contributed by atoms with E-state index in [2.05, 4.69) is 22.2 Å². The Labute approximate surface area is 91.1 Å². The number of hydrogen-bond donors (Lipinski definition) is 1. The lowest BCUT2D eigenvalue weighted by atomic mass is 10.4. The number of hydrogen-bond acceptors (Lipinski definition) is 4. The van der Waals surface area contributed by atoms with E-state index < -0.39 is 6.43 Å². The lowest BCUT2D eigenvalue weighted by Gasteiger charge is -2.16. The molecular weight excluding hydrogens is 222 g/mol. The first-order valence-corrected chi connectivity index (χ1v) is 4.52. The standard InChI is InChI=1S/C8H10F2N4S/c1-14(4-6(9)10)7-3-12-5(2-13-7)8(11)15/h2-3,6H,4H2,1H3,(H2,11,15). The Hall–Kier alpha value is -1.37. The van der Waals surface area contributed by atoms with Crippen molar-refractivity contribution in [3.63, 3.8) is 0 Å². The number of alkyl halides is 2. The third-order valence-electron chi connectivity index (χ3n) is 1.69. The van der Waals surface area contributed by atoms with E-state index in [1.807, 2.05) is 0 Å². The predicted octanol–water partition coefficient (Wildman–Crippen LogP) is 0.812. The van der Waals surface area contributed by atoms with Crippen LogP contribution in [0.25, 0.3) is 0 Å². The lowest BCUT2D eigenvalue weighted by Crippen LogP contribution is -2.25. The third-order valence-corrected chi connectivity index (χ3v) is 1.90. The van der Waals surface area contributed by atoms with Crippen molar-refractivity contribution < 1.29 is 8.78 Å². The Morgan fingerprint density at radius 1 is 1.53 bits per heavy atom. The second kappa shape index (κ2) is 4.92. The van der Waals surface area contributed by atoms with Gasteiger partial charge in [-0.2, -0.15) is 0 Å². The number of halogens is 2. The first kappa shape index (κ1) is 11.7. The van der Waals surface area contributed by atoms with Gasteiger partial charge in [-0.15, -0.1) is 0 Å². The smallest absolute Gasteiger partial charge is 0.255 e. The topological polar surface area (TPSA) is 55.0 Å². The predicted molar refractivity (Wildman–Crippen MR) is 57.2 cm³/mol. The Balaban J connectivity index is 2.75. The van der Waals surface area contributed by atoms with E-state index in [-0.39, 0.29) is 11.5 Å².